The zero-order valence-electron chi connectivity index (χ0n) is 11.7. The lowest BCUT2D eigenvalue weighted by molar-refractivity contribution is 0.177. The fourth-order valence-electron chi connectivity index (χ4n) is 2.06. The molecule has 2 aromatic carbocycles. The van der Waals surface area contributed by atoms with Gasteiger partial charge in [0.05, 0.1) is 12.2 Å². The molecule has 0 bridgehead atoms. The van der Waals surface area contributed by atoms with E-state index in [0.29, 0.717) is 11.4 Å². The molecular weight excluding hydrogens is 272 g/mol. The van der Waals surface area contributed by atoms with Crippen molar-refractivity contribution >= 4 is 11.6 Å². The zero-order chi connectivity index (χ0) is 14.5. The van der Waals surface area contributed by atoms with Crippen molar-refractivity contribution in [3.63, 3.8) is 0 Å². The van der Waals surface area contributed by atoms with Crippen molar-refractivity contribution in [3.05, 3.63) is 64.7 Å². The molecule has 3 heteroatoms. The number of benzene rings is 2. The third kappa shape index (κ3) is 3.99. The fourth-order valence-corrected chi connectivity index (χ4v) is 2.27. The maximum atomic E-state index is 10.3. The number of rotatable bonds is 5. The minimum Gasteiger partial charge on any atom is -0.491 e. The molecule has 0 aliphatic carbocycles. The first-order valence-corrected chi connectivity index (χ1v) is 7.12. The van der Waals surface area contributed by atoms with Gasteiger partial charge in [-0.1, -0.05) is 41.9 Å². The highest BCUT2D eigenvalue weighted by Gasteiger charge is 2.11. The van der Waals surface area contributed by atoms with Crippen LogP contribution < -0.4 is 4.74 Å². The molecule has 0 spiro atoms. The van der Waals surface area contributed by atoms with E-state index in [9.17, 15) is 5.11 Å². The maximum Gasteiger partial charge on any atom is 0.120 e. The van der Waals surface area contributed by atoms with Gasteiger partial charge in [0.25, 0.3) is 0 Å². The molecular formula is C17H19ClO2. The number of aliphatic hydroxyl groups is 1. The second-order valence-corrected chi connectivity index (χ2v) is 5.46. The predicted octanol–water partition coefficient (Wildman–Crippen LogP) is 4.40. The minimum atomic E-state index is -0.592. The summed E-state index contributed by atoms with van der Waals surface area (Å²) in [7, 11) is 0. The Bertz CT molecular complexity index is 566. The summed E-state index contributed by atoms with van der Waals surface area (Å²) in [5, 5.41) is 11.0. The van der Waals surface area contributed by atoms with Crippen molar-refractivity contribution in [1.29, 1.82) is 0 Å². The molecule has 20 heavy (non-hydrogen) atoms. The Morgan fingerprint density at radius 2 is 1.85 bits per heavy atom. The molecule has 0 aromatic heterocycles. The van der Waals surface area contributed by atoms with E-state index in [0.717, 1.165) is 16.9 Å². The third-order valence-corrected chi connectivity index (χ3v) is 3.35. The van der Waals surface area contributed by atoms with Crippen LogP contribution in [0.3, 0.4) is 0 Å². The standard InChI is InChI=1S/C17H19ClO2/c1-12(2)20-15-8-5-7-14(10-15)17(19)11-13-6-3-4-9-16(13)18/h3-10,12,17,19H,11H2,1-2H3. The smallest absolute Gasteiger partial charge is 0.120 e. The average molecular weight is 291 g/mol. The van der Waals surface area contributed by atoms with Crippen LogP contribution in [0.1, 0.15) is 31.1 Å². The molecule has 0 heterocycles. The molecule has 0 saturated heterocycles. The van der Waals surface area contributed by atoms with Gasteiger partial charge in [-0.25, -0.2) is 0 Å². The second kappa shape index (κ2) is 6.78. The molecule has 0 saturated carbocycles. The Kier molecular flexibility index (Phi) is 5.05. The summed E-state index contributed by atoms with van der Waals surface area (Å²) < 4.78 is 5.64. The van der Waals surface area contributed by atoms with Crippen LogP contribution in [-0.4, -0.2) is 11.2 Å². The van der Waals surface area contributed by atoms with E-state index in [1.165, 1.54) is 0 Å². The second-order valence-electron chi connectivity index (χ2n) is 5.05. The highest BCUT2D eigenvalue weighted by Crippen LogP contribution is 2.25. The summed E-state index contributed by atoms with van der Waals surface area (Å²) in [5.74, 6) is 0.774. The van der Waals surface area contributed by atoms with E-state index in [1.807, 2.05) is 62.4 Å². The SMILES string of the molecule is CC(C)Oc1cccc(C(O)Cc2ccccc2Cl)c1. The molecule has 2 rings (SSSR count). The van der Waals surface area contributed by atoms with Crippen LogP contribution in [0.15, 0.2) is 48.5 Å². The lowest BCUT2D eigenvalue weighted by Gasteiger charge is -2.15. The summed E-state index contributed by atoms with van der Waals surface area (Å²) in [6.07, 6.45) is 0.0155. The lowest BCUT2D eigenvalue weighted by atomic mass is 10.0. The Morgan fingerprint density at radius 3 is 2.55 bits per heavy atom. The van der Waals surface area contributed by atoms with Gasteiger partial charge in [0.2, 0.25) is 0 Å². The number of aliphatic hydroxyl groups excluding tert-OH is 1. The first-order valence-electron chi connectivity index (χ1n) is 6.74. The van der Waals surface area contributed by atoms with Crippen molar-refractivity contribution in [1.82, 2.24) is 0 Å². The van der Waals surface area contributed by atoms with Crippen LogP contribution in [0, 0.1) is 0 Å². The summed E-state index contributed by atoms with van der Waals surface area (Å²) in [4.78, 5) is 0. The topological polar surface area (TPSA) is 29.5 Å². The van der Waals surface area contributed by atoms with Crippen molar-refractivity contribution in [3.8, 4) is 5.75 Å². The molecule has 1 N–H and O–H groups in total. The summed E-state index contributed by atoms with van der Waals surface area (Å²) in [6, 6.07) is 15.1. The van der Waals surface area contributed by atoms with Gasteiger partial charge >= 0.3 is 0 Å². The van der Waals surface area contributed by atoms with E-state index in [4.69, 9.17) is 16.3 Å². The summed E-state index contributed by atoms with van der Waals surface area (Å²) in [5.41, 5.74) is 1.78. The summed E-state index contributed by atoms with van der Waals surface area (Å²) in [6.45, 7) is 3.96. The Labute approximate surface area is 125 Å². The third-order valence-electron chi connectivity index (χ3n) is 2.99. The van der Waals surface area contributed by atoms with Gasteiger partial charge < -0.3 is 9.84 Å². The molecule has 2 nitrogen and oxygen atoms in total. The van der Waals surface area contributed by atoms with E-state index in [-0.39, 0.29) is 6.10 Å². The van der Waals surface area contributed by atoms with E-state index >= 15 is 0 Å². The van der Waals surface area contributed by atoms with Crippen LogP contribution in [0.2, 0.25) is 5.02 Å². The van der Waals surface area contributed by atoms with E-state index < -0.39 is 6.10 Å². The van der Waals surface area contributed by atoms with E-state index in [2.05, 4.69) is 0 Å². The Balaban J connectivity index is 2.13. The van der Waals surface area contributed by atoms with Crippen LogP contribution >= 0.6 is 11.6 Å². The molecule has 0 fully saturated rings. The van der Waals surface area contributed by atoms with Gasteiger partial charge in [-0.15, -0.1) is 0 Å². The number of hydrogen-bond donors (Lipinski definition) is 1. The van der Waals surface area contributed by atoms with Crippen molar-refractivity contribution in [2.45, 2.75) is 32.5 Å². The zero-order valence-corrected chi connectivity index (χ0v) is 12.5. The van der Waals surface area contributed by atoms with Gasteiger partial charge in [0, 0.05) is 11.4 Å². The highest BCUT2D eigenvalue weighted by molar-refractivity contribution is 6.31. The normalized spacial score (nSPS) is 12.4. The number of halogens is 1. The minimum absolute atomic E-state index is 0.117. The summed E-state index contributed by atoms with van der Waals surface area (Å²) >= 11 is 6.12. The molecule has 0 aliphatic rings. The molecule has 106 valence electrons. The Hall–Kier alpha value is -1.51. The van der Waals surface area contributed by atoms with Gasteiger partial charge in [0.1, 0.15) is 5.75 Å². The van der Waals surface area contributed by atoms with Crippen molar-refractivity contribution < 1.29 is 9.84 Å². The quantitative estimate of drug-likeness (QED) is 0.884. The average Bonchev–Trinajstić information content (AvgIpc) is 2.41. The van der Waals surface area contributed by atoms with Gasteiger partial charge in [-0.05, 0) is 43.2 Å². The van der Waals surface area contributed by atoms with Crippen LogP contribution in [0.5, 0.6) is 5.75 Å². The maximum absolute atomic E-state index is 10.3. The van der Waals surface area contributed by atoms with Crippen LogP contribution in [0.25, 0.3) is 0 Å². The predicted molar refractivity (Wildman–Crippen MR) is 82.3 cm³/mol. The molecule has 0 radical (unpaired) electrons. The molecule has 0 aliphatic heterocycles. The molecule has 0 amide bonds. The van der Waals surface area contributed by atoms with Gasteiger partial charge in [-0.2, -0.15) is 0 Å². The first-order chi connectivity index (χ1) is 9.56. The van der Waals surface area contributed by atoms with Gasteiger partial charge in [0.15, 0.2) is 0 Å². The molecule has 1 atom stereocenters. The number of ether oxygens (including phenoxy) is 1. The monoisotopic (exact) mass is 290 g/mol. The van der Waals surface area contributed by atoms with Gasteiger partial charge in [-0.3, -0.25) is 0 Å². The van der Waals surface area contributed by atoms with Crippen molar-refractivity contribution in [2.24, 2.45) is 0 Å². The number of hydrogen-bond acceptors (Lipinski definition) is 2. The van der Waals surface area contributed by atoms with E-state index in [1.54, 1.807) is 0 Å². The fraction of sp³-hybridized carbons (Fsp3) is 0.294. The highest BCUT2D eigenvalue weighted by atomic mass is 35.5. The van der Waals surface area contributed by atoms with Crippen LogP contribution in [0.4, 0.5) is 0 Å². The van der Waals surface area contributed by atoms with Crippen molar-refractivity contribution in [2.75, 3.05) is 0 Å². The Morgan fingerprint density at radius 1 is 1.10 bits per heavy atom. The first kappa shape index (κ1) is 14.9. The molecule has 1 unspecified atom stereocenters. The largest absolute Gasteiger partial charge is 0.491 e. The van der Waals surface area contributed by atoms with Crippen LogP contribution in [-0.2, 0) is 6.42 Å². The lowest BCUT2D eigenvalue weighted by Crippen LogP contribution is -2.07. The molecule has 2 aromatic rings.